The van der Waals surface area contributed by atoms with E-state index in [0.717, 1.165) is 9.69 Å². The van der Waals surface area contributed by atoms with Gasteiger partial charge in [-0.3, -0.25) is 24.5 Å². The number of aromatic nitrogens is 1. The van der Waals surface area contributed by atoms with Crippen molar-refractivity contribution in [3.05, 3.63) is 78.0 Å². The highest BCUT2D eigenvalue weighted by Crippen LogP contribution is 2.31. The fraction of sp³-hybridized carbons (Fsp3) is 0.424. The van der Waals surface area contributed by atoms with Crippen molar-refractivity contribution in [1.29, 1.82) is 0 Å². The highest BCUT2D eigenvalue weighted by Gasteiger charge is 2.46. The highest BCUT2D eigenvalue weighted by molar-refractivity contribution is 7.87. The van der Waals surface area contributed by atoms with Gasteiger partial charge in [0.15, 0.2) is 0 Å². The number of carbonyl (C=O) groups is 4. The van der Waals surface area contributed by atoms with Gasteiger partial charge in [0.2, 0.25) is 11.8 Å². The van der Waals surface area contributed by atoms with E-state index in [1.807, 2.05) is 26.0 Å². The van der Waals surface area contributed by atoms with Crippen LogP contribution in [0.5, 0.6) is 0 Å². The molecule has 1 heterocycles. The van der Waals surface area contributed by atoms with Gasteiger partial charge in [-0.1, -0.05) is 68.4 Å². The van der Waals surface area contributed by atoms with Crippen LogP contribution >= 0.6 is 0 Å². The molecule has 13 nitrogen and oxygen atoms in total. The third kappa shape index (κ3) is 10.6. The number of imide groups is 1. The van der Waals surface area contributed by atoms with E-state index in [1.165, 1.54) is 6.07 Å². The molecular weight excluding hydrogens is 626 g/mol. The van der Waals surface area contributed by atoms with Crippen LogP contribution in [0, 0.1) is 11.8 Å². The first-order chi connectivity index (χ1) is 22.3. The summed E-state index contributed by atoms with van der Waals surface area (Å²) in [5, 5.41) is 26.2. The first-order valence-corrected chi connectivity index (χ1v) is 17.0. The summed E-state index contributed by atoms with van der Waals surface area (Å²) < 4.78 is 29.9. The molecular formula is C33H41N5O8S. The van der Waals surface area contributed by atoms with Gasteiger partial charge in [0.1, 0.15) is 5.69 Å². The third-order valence-corrected chi connectivity index (χ3v) is 9.44. The normalized spacial score (nSPS) is 17.3. The van der Waals surface area contributed by atoms with Crippen LogP contribution in [-0.2, 0) is 24.6 Å². The number of nitrogens with zero attached hydrogens (tertiary/aromatic N) is 2. The fourth-order valence-corrected chi connectivity index (χ4v) is 6.57. The van der Waals surface area contributed by atoms with E-state index in [2.05, 4.69) is 20.3 Å². The summed E-state index contributed by atoms with van der Waals surface area (Å²) in [6.45, 7) is 3.71. The largest absolute Gasteiger partial charge is 0.481 e. The highest BCUT2D eigenvalue weighted by atomic mass is 32.2. The number of carboxylic acids is 1. The third-order valence-electron chi connectivity index (χ3n) is 7.83. The van der Waals surface area contributed by atoms with Crippen LogP contribution < -0.4 is 15.4 Å². The summed E-state index contributed by atoms with van der Waals surface area (Å²) >= 11 is 0. The van der Waals surface area contributed by atoms with Gasteiger partial charge >= 0.3 is 5.97 Å². The van der Waals surface area contributed by atoms with Crippen molar-refractivity contribution in [1.82, 2.24) is 24.6 Å². The molecule has 252 valence electrons. The van der Waals surface area contributed by atoms with Gasteiger partial charge < -0.3 is 15.5 Å². The minimum Gasteiger partial charge on any atom is -0.481 e. The molecule has 0 saturated heterocycles. The SMILES string of the molecule is CC(C)CCN(CC(O)CC(NC(=O)CCC(=O)NC(=O)c1ccc2ccccc2n1)c1ccccc1)S(=O)(=O)NC1CC1C(=O)O. The Labute approximate surface area is 273 Å². The molecule has 3 amide bonds. The number of aliphatic hydroxyl groups excluding tert-OH is 1. The van der Waals surface area contributed by atoms with Crippen molar-refractivity contribution in [2.24, 2.45) is 11.8 Å². The van der Waals surface area contributed by atoms with Crippen LogP contribution in [-0.4, -0.2) is 76.8 Å². The topological polar surface area (TPSA) is 195 Å². The molecule has 2 aromatic carbocycles. The number of carboxylic acid groups (broad SMARTS) is 1. The summed E-state index contributed by atoms with van der Waals surface area (Å²) in [6.07, 6.45) is -1.04. The zero-order valence-electron chi connectivity index (χ0n) is 26.3. The Morgan fingerprint density at radius 1 is 0.957 bits per heavy atom. The van der Waals surface area contributed by atoms with E-state index in [4.69, 9.17) is 0 Å². The van der Waals surface area contributed by atoms with Gasteiger partial charge in [0.25, 0.3) is 16.1 Å². The maximum absolute atomic E-state index is 13.2. The monoisotopic (exact) mass is 667 g/mol. The van der Waals surface area contributed by atoms with E-state index in [9.17, 15) is 37.8 Å². The summed E-state index contributed by atoms with van der Waals surface area (Å²) in [4.78, 5) is 53.5. The molecule has 5 N–H and O–H groups in total. The zero-order chi connectivity index (χ0) is 34.1. The summed E-state index contributed by atoms with van der Waals surface area (Å²) in [6, 6.07) is 17.9. The molecule has 1 fully saturated rings. The average Bonchev–Trinajstić information content (AvgIpc) is 3.80. The minimum atomic E-state index is -4.10. The van der Waals surface area contributed by atoms with Gasteiger partial charge in [-0.25, -0.2) is 4.98 Å². The first kappa shape index (κ1) is 35.6. The van der Waals surface area contributed by atoms with Crippen molar-refractivity contribution in [3.63, 3.8) is 0 Å². The lowest BCUT2D eigenvalue weighted by atomic mass is 10.00. The van der Waals surface area contributed by atoms with Crippen molar-refractivity contribution in [2.75, 3.05) is 13.1 Å². The summed E-state index contributed by atoms with van der Waals surface area (Å²) in [7, 11) is -4.10. The van der Waals surface area contributed by atoms with E-state index < -0.39 is 58.0 Å². The second-order valence-corrected chi connectivity index (χ2v) is 13.8. The molecule has 1 aliphatic rings. The Hall–Kier alpha value is -4.24. The Morgan fingerprint density at radius 3 is 2.32 bits per heavy atom. The molecule has 4 unspecified atom stereocenters. The predicted octanol–water partition coefficient (Wildman–Crippen LogP) is 2.54. The van der Waals surface area contributed by atoms with Crippen LogP contribution in [0.4, 0.5) is 0 Å². The van der Waals surface area contributed by atoms with Crippen LogP contribution in [0.2, 0.25) is 0 Å². The number of aliphatic carboxylic acids is 1. The van der Waals surface area contributed by atoms with Crippen LogP contribution in [0.15, 0.2) is 66.7 Å². The van der Waals surface area contributed by atoms with Crippen molar-refractivity contribution in [2.45, 2.75) is 64.1 Å². The number of nitrogens with one attached hydrogen (secondary N) is 3. The number of aliphatic hydroxyl groups is 1. The van der Waals surface area contributed by atoms with Crippen molar-refractivity contribution in [3.8, 4) is 0 Å². The first-order valence-electron chi connectivity index (χ1n) is 15.5. The van der Waals surface area contributed by atoms with E-state index in [-0.39, 0.29) is 50.4 Å². The Kier molecular flexibility index (Phi) is 12.2. The molecule has 0 spiro atoms. The van der Waals surface area contributed by atoms with Crippen molar-refractivity contribution >= 4 is 44.8 Å². The number of pyridine rings is 1. The van der Waals surface area contributed by atoms with E-state index in [1.54, 1.807) is 48.5 Å². The number of hydrogen-bond donors (Lipinski definition) is 5. The number of carbonyl (C=O) groups excluding carboxylic acids is 3. The Balaban J connectivity index is 1.35. The molecule has 47 heavy (non-hydrogen) atoms. The average molecular weight is 668 g/mol. The van der Waals surface area contributed by atoms with E-state index in [0.29, 0.717) is 17.5 Å². The number of benzene rings is 2. The lowest BCUT2D eigenvalue weighted by Crippen LogP contribution is -2.47. The fourth-order valence-electron chi connectivity index (χ4n) is 5.06. The number of fused-ring (bicyclic) bond motifs is 1. The number of rotatable bonds is 17. The van der Waals surface area contributed by atoms with Crippen LogP contribution in [0.1, 0.15) is 68.0 Å². The standard InChI is InChI=1S/C33H41N5O8S/c1-21(2)16-17-38(47(45,46)37-29-19-25(29)33(43)44)20-24(39)18-28(22-8-4-3-5-9-22)35-30(40)14-15-31(41)36-32(42)27-13-12-23-10-6-7-11-26(23)34-27/h3-13,21,24-25,28-29,37,39H,14-20H2,1-2H3,(H,35,40)(H,43,44)(H,36,41,42). The molecule has 3 aromatic rings. The van der Waals surface area contributed by atoms with Gasteiger partial charge in [0.05, 0.1) is 23.6 Å². The summed E-state index contributed by atoms with van der Waals surface area (Å²) in [5.74, 6) is -3.52. The second kappa shape index (κ2) is 16.0. The van der Waals surface area contributed by atoms with Crippen molar-refractivity contribution < 1.29 is 37.8 Å². The molecule has 1 aliphatic carbocycles. The molecule has 0 bridgehead atoms. The predicted molar refractivity (Wildman–Crippen MR) is 174 cm³/mol. The molecule has 14 heteroatoms. The van der Waals surface area contributed by atoms with Gasteiger partial charge in [0, 0.05) is 37.4 Å². The summed E-state index contributed by atoms with van der Waals surface area (Å²) in [5.41, 5.74) is 1.34. The molecule has 0 aliphatic heterocycles. The van der Waals surface area contributed by atoms with Gasteiger partial charge in [-0.15, -0.1) is 0 Å². The van der Waals surface area contributed by atoms with Crippen LogP contribution in [0.25, 0.3) is 10.9 Å². The Morgan fingerprint density at radius 2 is 1.64 bits per heavy atom. The molecule has 4 atom stereocenters. The van der Waals surface area contributed by atoms with Gasteiger partial charge in [-0.2, -0.15) is 17.4 Å². The molecule has 1 saturated carbocycles. The second-order valence-electron chi connectivity index (χ2n) is 12.1. The maximum atomic E-state index is 13.2. The Bertz CT molecular complexity index is 1680. The minimum absolute atomic E-state index is 0.0387. The van der Waals surface area contributed by atoms with Gasteiger partial charge in [-0.05, 0) is 42.9 Å². The number of para-hydroxylation sites is 1. The molecule has 1 aromatic heterocycles. The maximum Gasteiger partial charge on any atom is 0.308 e. The lowest BCUT2D eigenvalue weighted by molar-refractivity contribution is -0.138. The number of amides is 3. The van der Waals surface area contributed by atoms with E-state index >= 15 is 0 Å². The quantitative estimate of drug-likeness (QED) is 0.144. The smallest absolute Gasteiger partial charge is 0.308 e. The molecule has 4 rings (SSSR count). The number of hydrogen-bond acceptors (Lipinski definition) is 8. The van der Waals surface area contributed by atoms with Crippen LogP contribution in [0.3, 0.4) is 0 Å². The lowest BCUT2D eigenvalue weighted by Gasteiger charge is -2.28. The zero-order valence-corrected chi connectivity index (χ0v) is 27.2. The molecule has 0 radical (unpaired) electrons.